The number of carbonyl (C=O) groups excluding carboxylic acids is 1. The Hall–Kier alpha value is -1.56. The first-order chi connectivity index (χ1) is 8.04. The van der Waals surface area contributed by atoms with Crippen LogP contribution in [0.15, 0.2) is 22.7 Å². The summed E-state index contributed by atoms with van der Waals surface area (Å²) in [5.74, 6) is -0.0320. The van der Waals surface area contributed by atoms with Crippen LogP contribution in [0, 0.1) is 5.92 Å². The highest BCUT2D eigenvalue weighted by Gasteiger charge is 2.20. The van der Waals surface area contributed by atoms with E-state index in [1.165, 1.54) is 11.3 Å². The average molecular weight is 255 g/mol. The summed E-state index contributed by atoms with van der Waals surface area (Å²) in [5.41, 5.74) is 5.53. The molecule has 0 radical (unpaired) electrons. The summed E-state index contributed by atoms with van der Waals surface area (Å²) in [6.07, 6.45) is 0.319. The maximum Gasteiger partial charge on any atom is 0.225 e. The van der Waals surface area contributed by atoms with Gasteiger partial charge in [0.1, 0.15) is 0 Å². The molecule has 1 unspecified atom stereocenters. The number of rotatable bonds is 5. The van der Waals surface area contributed by atoms with Gasteiger partial charge >= 0.3 is 0 Å². The second-order valence-electron chi connectivity index (χ2n) is 4.07. The molecule has 0 fully saturated rings. The fourth-order valence-electron chi connectivity index (χ4n) is 1.44. The molecule has 4 N–H and O–H groups in total. The monoisotopic (exact) mass is 255 g/mol. The van der Waals surface area contributed by atoms with Crippen molar-refractivity contribution in [3.05, 3.63) is 22.4 Å². The minimum absolute atomic E-state index is 0.0273. The molecule has 1 atom stereocenters. The molecule has 0 aliphatic heterocycles. The summed E-state index contributed by atoms with van der Waals surface area (Å²) in [7, 11) is 0. The molecule has 0 bridgehead atoms. The van der Waals surface area contributed by atoms with E-state index in [0.717, 1.165) is 4.88 Å². The lowest BCUT2D eigenvalue weighted by Gasteiger charge is -2.20. The third-order valence-electron chi connectivity index (χ3n) is 2.33. The lowest BCUT2D eigenvalue weighted by molar-refractivity contribution is -0.120. The molecule has 6 heteroatoms. The normalized spacial score (nSPS) is 13.7. The number of hydrogen-bond acceptors (Lipinski definition) is 4. The molecule has 17 heavy (non-hydrogen) atoms. The van der Waals surface area contributed by atoms with Crippen molar-refractivity contribution in [1.82, 2.24) is 5.32 Å². The number of amides is 1. The Kier molecular flexibility index (Phi) is 4.96. The molecular weight excluding hydrogens is 238 g/mol. The number of hydrogen-bond donors (Lipinski definition) is 3. The summed E-state index contributed by atoms with van der Waals surface area (Å²) < 4.78 is 0. The van der Waals surface area contributed by atoms with Crippen molar-refractivity contribution >= 4 is 23.1 Å². The highest BCUT2D eigenvalue weighted by molar-refractivity contribution is 7.10. The number of carbonyl (C=O) groups is 1. The Morgan fingerprint density at radius 2 is 2.35 bits per heavy atom. The van der Waals surface area contributed by atoms with Gasteiger partial charge in [0.05, 0.1) is 12.5 Å². The Bertz CT molecular complexity index is 387. The van der Waals surface area contributed by atoms with Crippen LogP contribution >= 0.6 is 11.3 Å². The first-order valence-electron chi connectivity index (χ1n) is 5.33. The molecule has 1 aromatic heterocycles. The molecule has 0 spiro atoms. The molecule has 0 aliphatic carbocycles. The van der Waals surface area contributed by atoms with Crippen LogP contribution in [0.5, 0.6) is 0 Å². The third kappa shape index (κ3) is 4.07. The summed E-state index contributed by atoms with van der Waals surface area (Å²) in [6.45, 7) is 3.79. The molecule has 0 saturated carbocycles. The molecular formula is C11H17N3O2S. The lowest BCUT2D eigenvalue weighted by atomic mass is 10.0. The van der Waals surface area contributed by atoms with E-state index in [-0.39, 0.29) is 17.7 Å². The zero-order valence-electron chi connectivity index (χ0n) is 9.88. The van der Waals surface area contributed by atoms with Gasteiger partial charge in [-0.15, -0.1) is 11.3 Å². The van der Waals surface area contributed by atoms with E-state index in [2.05, 4.69) is 10.5 Å². The Morgan fingerprint density at radius 1 is 1.65 bits per heavy atom. The molecule has 5 nitrogen and oxygen atoms in total. The largest absolute Gasteiger partial charge is 0.409 e. The van der Waals surface area contributed by atoms with Crippen LogP contribution in [0.1, 0.15) is 18.7 Å². The highest BCUT2D eigenvalue weighted by Crippen LogP contribution is 2.09. The van der Waals surface area contributed by atoms with Crippen LogP contribution in [0.4, 0.5) is 0 Å². The van der Waals surface area contributed by atoms with Gasteiger partial charge in [-0.3, -0.25) is 4.79 Å². The first-order valence-corrected chi connectivity index (χ1v) is 6.21. The smallest absolute Gasteiger partial charge is 0.225 e. The topological polar surface area (TPSA) is 87.7 Å². The zero-order valence-corrected chi connectivity index (χ0v) is 10.7. The number of oxime groups is 1. The standard InChI is InChI=1S/C11H17N3O2S/c1-7(2)10(11(12)14-16)13-9(15)6-8-4-3-5-17-8/h3-5,7,10,16H,6H2,1-2H3,(H2,12,14)(H,13,15). The predicted molar refractivity (Wildman–Crippen MR) is 68.2 cm³/mol. The van der Waals surface area contributed by atoms with Gasteiger partial charge in [0.15, 0.2) is 5.84 Å². The van der Waals surface area contributed by atoms with Crippen molar-refractivity contribution in [2.24, 2.45) is 16.8 Å². The van der Waals surface area contributed by atoms with Crippen molar-refractivity contribution in [3.8, 4) is 0 Å². The number of nitrogens with zero attached hydrogens (tertiary/aromatic N) is 1. The fraction of sp³-hybridized carbons (Fsp3) is 0.455. The Morgan fingerprint density at radius 3 is 2.82 bits per heavy atom. The van der Waals surface area contributed by atoms with Crippen molar-refractivity contribution in [2.45, 2.75) is 26.3 Å². The summed E-state index contributed by atoms with van der Waals surface area (Å²) >= 11 is 1.53. The van der Waals surface area contributed by atoms with Crippen molar-refractivity contribution < 1.29 is 10.0 Å². The minimum Gasteiger partial charge on any atom is -0.409 e. The second kappa shape index (κ2) is 6.24. The van der Waals surface area contributed by atoms with E-state index in [1.54, 1.807) is 0 Å². The van der Waals surface area contributed by atoms with Gasteiger partial charge in [-0.2, -0.15) is 0 Å². The van der Waals surface area contributed by atoms with Crippen LogP contribution in [-0.2, 0) is 11.2 Å². The summed E-state index contributed by atoms with van der Waals surface area (Å²) in [5, 5.41) is 16.3. The van der Waals surface area contributed by atoms with Crippen LogP contribution in [0.2, 0.25) is 0 Å². The van der Waals surface area contributed by atoms with Crippen molar-refractivity contribution in [1.29, 1.82) is 0 Å². The van der Waals surface area contributed by atoms with E-state index in [9.17, 15) is 4.79 Å². The molecule has 0 saturated heterocycles. The molecule has 94 valence electrons. The maximum absolute atomic E-state index is 11.7. The van der Waals surface area contributed by atoms with Gasteiger partial charge in [-0.1, -0.05) is 25.1 Å². The molecule has 1 aromatic rings. The Labute approximate surface area is 104 Å². The molecule has 1 rings (SSSR count). The van der Waals surface area contributed by atoms with Crippen molar-refractivity contribution in [3.63, 3.8) is 0 Å². The zero-order chi connectivity index (χ0) is 12.8. The summed E-state index contributed by atoms with van der Waals surface area (Å²) in [4.78, 5) is 12.7. The van der Waals surface area contributed by atoms with Gasteiger partial charge in [0.2, 0.25) is 5.91 Å². The van der Waals surface area contributed by atoms with E-state index >= 15 is 0 Å². The van der Waals surface area contributed by atoms with Gasteiger partial charge in [-0.05, 0) is 17.4 Å². The van der Waals surface area contributed by atoms with Gasteiger partial charge in [0, 0.05) is 4.88 Å². The second-order valence-corrected chi connectivity index (χ2v) is 5.10. The number of thiophene rings is 1. The minimum atomic E-state index is -0.438. The molecule has 1 heterocycles. The van der Waals surface area contributed by atoms with Crippen LogP contribution in [-0.4, -0.2) is 23.0 Å². The highest BCUT2D eigenvalue weighted by atomic mass is 32.1. The van der Waals surface area contributed by atoms with E-state index in [1.807, 2.05) is 31.4 Å². The molecule has 0 aliphatic rings. The van der Waals surface area contributed by atoms with E-state index in [0.29, 0.717) is 6.42 Å². The summed E-state index contributed by atoms with van der Waals surface area (Å²) in [6, 6.07) is 3.36. The van der Waals surface area contributed by atoms with E-state index < -0.39 is 6.04 Å². The molecule has 1 amide bonds. The number of nitrogens with one attached hydrogen (secondary N) is 1. The maximum atomic E-state index is 11.7. The van der Waals surface area contributed by atoms with E-state index in [4.69, 9.17) is 10.9 Å². The van der Waals surface area contributed by atoms with Crippen molar-refractivity contribution in [2.75, 3.05) is 0 Å². The van der Waals surface area contributed by atoms with Gasteiger partial charge < -0.3 is 16.3 Å². The number of amidine groups is 1. The molecule has 0 aromatic carbocycles. The quantitative estimate of drug-likeness (QED) is 0.319. The first kappa shape index (κ1) is 13.5. The Balaban J connectivity index is 2.59. The van der Waals surface area contributed by atoms with Crippen LogP contribution in [0.3, 0.4) is 0 Å². The van der Waals surface area contributed by atoms with Gasteiger partial charge in [-0.25, -0.2) is 0 Å². The average Bonchev–Trinajstić information content (AvgIpc) is 2.77. The predicted octanol–water partition coefficient (Wildman–Crippen LogP) is 1.18. The SMILES string of the molecule is CC(C)C(NC(=O)Cc1cccs1)C(N)=NO. The lowest BCUT2D eigenvalue weighted by Crippen LogP contribution is -2.48. The fourth-order valence-corrected chi connectivity index (χ4v) is 2.14. The van der Waals surface area contributed by atoms with Gasteiger partial charge in [0.25, 0.3) is 0 Å². The number of nitrogens with two attached hydrogens (primary N) is 1. The van der Waals surface area contributed by atoms with Crippen LogP contribution < -0.4 is 11.1 Å². The van der Waals surface area contributed by atoms with Crippen LogP contribution in [0.25, 0.3) is 0 Å². The third-order valence-corrected chi connectivity index (χ3v) is 3.21.